The van der Waals surface area contributed by atoms with Crippen LogP contribution in [0, 0.1) is 0 Å². The number of ether oxygens (including phenoxy) is 5. The largest absolute Gasteiger partial charge is 0.508 e. The molecule has 40 heavy (non-hydrogen) atoms. The van der Waals surface area contributed by atoms with Crippen molar-refractivity contribution in [3.63, 3.8) is 0 Å². The lowest BCUT2D eigenvalue weighted by Gasteiger charge is -2.21. The fraction of sp³-hybridized carbons (Fsp3) is 0.667. The number of nitrogens with one attached hydrogen (secondary N) is 1. The SMILES string of the molecule is CCCCCC(=O)Oc1ccc(C[C@H](NCC(C)OC(=O)OC(C)CC)C(=O)OC)cc1OC(=O)CCCCC. The van der Waals surface area contributed by atoms with E-state index >= 15 is 0 Å². The number of rotatable bonds is 19. The van der Waals surface area contributed by atoms with Crippen molar-refractivity contribution < 1.29 is 42.9 Å². The summed E-state index contributed by atoms with van der Waals surface area (Å²) < 4.78 is 26.4. The summed E-state index contributed by atoms with van der Waals surface area (Å²) in [4.78, 5) is 49.2. The number of methoxy groups -OCH3 is 1. The highest BCUT2D eigenvalue weighted by atomic mass is 16.7. The van der Waals surface area contributed by atoms with Crippen LogP contribution < -0.4 is 14.8 Å². The molecule has 0 heterocycles. The molecule has 226 valence electrons. The normalized spacial score (nSPS) is 13.1. The van der Waals surface area contributed by atoms with Crippen LogP contribution in [0.4, 0.5) is 4.79 Å². The smallest absolute Gasteiger partial charge is 0.468 e. The summed E-state index contributed by atoms with van der Waals surface area (Å²) in [5.74, 6) is -1.07. The molecular weight excluding hydrogens is 518 g/mol. The molecule has 0 bridgehead atoms. The summed E-state index contributed by atoms with van der Waals surface area (Å²) in [5, 5.41) is 3.06. The molecule has 0 fully saturated rings. The third-order valence-electron chi connectivity index (χ3n) is 6.17. The Morgan fingerprint density at radius 1 is 0.800 bits per heavy atom. The summed E-state index contributed by atoms with van der Waals surface area (Å²) in [6.45, 7) is 9.61. The van der Waals surface area contributed by atoms with E-state index < -0.39 is 36.2 Å². The van der Waals surface area contributed by atoms with Gasteiger partial charge in [-0.05, 0) is 57.2 Å². The summed E-state index contributed by atoms with van der Waals surface area (Å²) in [6.07, 6.45) is 4.91. The van der Waals surface area contributed by atoms with E-state index in [0.29, 0.717) is 24.8 Å². The maximum Gasteiger partial charge on any atom is 0.508 e. The molecule has 1 rings (SSSR count). The number of carbonyl (C=O) groups is 4. The van der Waals surface area contributed by atoms with Crippen molar-refractivity contribution >= 4 is 24.1 Å². The Morgan fingerprint density at radius 3 is 1.93 bits per heavy atom. The second-order valence-corrected chi connectivity index (χ2v) is 9.85. The quantitative estimate of drug-likeness (QED) is 0.127. The van der Waals surface area contributed by atoms with Gasteiger partial charge in [0, 0.05) is 19.4 Å². The number of hydrogen-bond acceptors (Lipinski definition) is 10. The Kier molecular flexibility index (Phi) is 17.3. The third-order valence-corrected chi connectivity index (χ3v) is 6.17. The Labute approximate surface area is 238 Å². The molecule has 0 aliphatic heterocycles. The number of esters is 3. The summed E-state index contributed by atoms with van der Waals surface area (Å²) in [5.41, 5.74) is 0.648. The van der Waals surface area contributed by atoms with Crippen molar-refractivity contribution in [1.82, 2.24) is 5.32 Å². The van der Waals surface area contributed by atoms with Gasteiger partial charge in [-0.25, -0.2) is 4.79 Å². The zero-order valence-corrected chi connectivity index (χ0v) is 24.9. The van der Waals surface area contributed by atoms with Crippen LogP contribution in [-0.2, 0) is 35.0 Å². The predicted octanol–water partition coefficient (Wildman–Crippen LogP) is 5.67. The highest BCUT2D eigenvalue weighted by Crippen LogP contribution is 2.30. The molecular formula is C30H47NO9. The first kappa shape index (κ1) is 34.9. The van der Waals surface area contributed by atoms with Crippen LogP contribution >= 0.6 is 0 Å². The van der Waals surface area contributed by atoms with Crippen molar-refractivity contribution in [1.29, 1.82) is 0 Å². The number of benzene rings is 1. The fourth-order valence-corrected chi connectivity index (χ4v) is 3.64. The Balaban J connectivity index is 2.99. The molecule has 10 nitrogen and oxygen atoms in total. The molecule has 0 amide bonds. The Hall–Kier alpha value is -3.14. The molecule has 0 aromatic heterocycles. The zero-order valence-electron chi connectivity index (χ0n) is 24.9. The maximum absolute atomic E-state index is 12.5. The predicted molar refractivity (Wildman–Crippen MR) is 150 cm³/mol. The van der Waals surface area contributed by atoms with Gasteiger partial charge >= 0.3 is 24.1 Å². The molecule has 0 spiro atoms. The average Bonchev–Trinajstić information content (AvgIpc) is 2.91. The molecule has 10 heteroatoms. The summed E-state index contributed by atoms with van der Waals surface area (Å²) in [7, 11) is 1.28. The Morgan fingerprint density at radius 2 is 1.38 bits per heavy atom. The van der Waals surface area contributed by atoms with E-state index in [1.54, 1.807) is 32.0 Å². The molecule has 0 aliphatic carbocycles. The van der Waals surface area contributed by atoms with Crippen molar-refractivity contribution in [2.24, 2.45) is 0 Å². The molecule has 1 aromatic rings. The van der Waals surface area contributed by atoms with E-state index in [-0.39, 0.29) is 43.4 Å². The molecule has 0 aliphatic rings. The van der Waals surface area contributed by atoms with Gasteiger partial charge in [0.05, 0.1) is 7.11 Å². The van der Waals surface area contributed by atoms with Crippen LogP contribution in [0.1, 0.15) is 98.0 Å². The molecule has 3 atom stereocenters. The summed E-state index contributed by atoms with van der Waals surface area (Å²) in [6, 6.07) is 4.07. The van der Waals surface area contributed by atoms with Gasteiger partial charge in [-0.15, -0.1) is 0 Å². The van der Waals surface area contributed by atoms with Crippen LogP contribution in [0.15, 0.2) is 18.2 Å². The zero-order chi connectivity index (χ0) is 29.9. The van der Waals surface area contributed by atoms with Gasteiger partial charge in [0.15, 0.2) is 11.5 Å². The van der Waals surface area contributed by atoms with Crippen LogP contribution in [0.25, 0.3) is 0 Å². The average molecular weight is 566 g/mol. The lowest BCUT2D eigenvalue weighted by atomic mass is 10.0. The number of carbonyl (C=O) groups excluding carboxylic acids is 4. The molecule has 1 N–H and O–H groups in total. The van der Waals surface area contributed by atoms with Gasteiger partial charge in [-0.2, -0.15) is 0 Å². The highest BCUT2D eigenvalue weighted by molar-refractivity contribution is 5.77. The van der Waals surface area contributed by atoms with Gasteiger partial charge in [-0.3, -0.25) is 14.4 Å². The van der Waals surface area contributed by atoms with Gasteiger partial charge < -0.3 is 29.0 Å². The van der Waals surface area contributed by atoms with E-state index in [2.05, 4.69) is 5.32 Å². The van der Waals surface area contributed by atoms with E-state index in [1.807, 2.05) is 20.8 Å². The lowest BCUT2D eigenvalue weighted by molar-refractivity contribution is -0.143. The second-order valence-electron chi connectivity index (χ2n) is 9.85. The third kappa shape index (κ3) is 14.3. The lowest BCUT2D eigenvalue weighted by Crippen LogP contribution is -2.43. The van der Waals surface area contributed by atoms with Crippen LogP contribution in [-0.4, -0.2) is 56.0 Å². The minimum atomic E-state index is -0.780. The van der Waals surface area contributed by atoms with E-state index in [4.69, 9.17) is 23.7 Å². The highest BCUT2D eigenvalue weighted by Gasteiger charge is 2.23. The first-order chi connectivity index (χ1) is 19.1. The van der Waals surface area contributed by atoms with E-state index in [9.17, 15) is 19.2 Å². The van der Waals surface area contributed by atoms with Crippen LogP contribution in [0.5, 0.6) is 11.5 Å². The Bertz CT molecular complexity index is 934. The van der Waals surface area contributed by atoms with Gasteiger partial charge in [0.2, 0.25) is 0 Å². The topological polar surface area (TPSA) is 126 Å². The van der Waals surface area contributed by atoms with E-state index in [1.165, 1.54) is 7.11 Å². The van der Waals surface area contributed by atoms with Gasteiger partial charge in [0.25, 0.3) is 0 Å². The van der Waals surface area contributed by atoms with Crippen molar-refractivity contribution in [2.75, 3.05) is 13.7 Å². The number of unbranched alkanes of at least 4 members (excludes halogenated alkanes) is 4. The van der Waals surface area contributed by atoms with Crippen molar-refractivity contribution in [3.8, 4) is 11.5 Å². The molecule has 1 aromatic carbocycles. The fourth-order valence-electron chi connectivity index (χ4n) is 3.64. The second kappa shape index (κ2) is 19.8. The van der Waals surface area contributed by atoms with Crippen molar-refractivity contribution in [3.05, 3.63) is 23.8 Å². The van der Waals surface area contributed by atoms with E-state index in [0.717, 1.165) is 25.7 Å². The van der Waals surface area contributed by atoms with Crippen LogP contribution in [0.2, 0.25) is 0 Å². The monoisotopic (exact) mass is 565 g/mol. The molecule has 2 unspecified atom stereocenters. The van der Waals surface area contributed by atoms with Gasteiger partial charge in [-0.1, -0.05) is 52.5 Å². The minimum Gasteiger partial charge on any atom is -0.468 e. The molecule has 0 radical (unpaired) electrons. The maximum atomic E-state index is 12.5. The van der Waals surface area contributed by atoms with Crippen molar-refractivity contribution in [2.45, 2.75) is 117 Å². The first-order valence-corrected chi connectivity index (χ1v) is 14.4. The first-order valence-electron chi connectivity index (χ1n) is 14.4. The summed E-state index contributed by atoms with van der Waals surface area (Å²) >= 11 is 0. The van der Waals surface area contributed by atoms with Crippen LogP contribution in [0.3, 0.4) is 0 Å². The minimum absolute atomic E-state index is 0.121. The number of hydrogen-bond donors (Lipinski definition) is 1. The molecule has 0 saturated carbocycles. The standard InChI is InChI=1S/C30H47NO9/c1-7-10-12-14-27(32)39-25-17-16-23(19-26(25)40-28(33)15-13-11-8-2)18-24(29(34)36-6)31-20-22(5)38-30(35)37-21(4)9-3/h16-17,19,21-22,24,31H,7-15,18,20H2,1-6H3/t21?,22?,24-/m0/s1. The molecule has 0 saturated heterocycles. The van der Waals surface area contributed by atoms with Gasteiger partial charge in [0.1, 0.15) is 18.2 Å².